The first-order valence-corrected chi connectivity index (χ1v) is 7.35. The maximum absolute atomic E-state index is 9.17. The van der Waals surface area contributed by atoms with Gasteiger partial charge in [-0.25, -0.2) is 0 Å². The molecule has 0 amide bonds. The topological polar surface area (TPSA) is 86.6 Å². The second-order valence-electron chi connectivity index (χ2n) is 4.37. The van der Waals surface area contributed by atoms with Crippen LogP contribution in [0.5, 0.6) is 0 Å². The Balaban J connectivity index is 3.00. The van der Waals surface area contributed by atoms with Gasteiger partial charge in [0.25, 0.3) is 0 Å². The molecule has 8 heteroatoms. The van der Waals surface area contributed by atoms with Gasteiger partial charge in [0.1, 0.15) is 0 Å². The lowest BCUT2D eigenvalue weighted by Crippen LogP contribution is -2.24. The number of alkyl halides is 1. The van der Waals surface area contributed by atoms with Crippen LogP contribution in [0.25, 0.3) is 0 Å². The quantitative estimate of drug-likeness (QED) is 0.304. The van der Waals surface area contributed by atoms with Crippen molar-refractivity contribution in [3.63, 3.8) is 0 Å². The molecular weight excluding hydrogens is 304 g/mol. The molecule has 0 spiro atoms. The summed E-state index contributed by atoms with van der Waals surface area (Å²) in [6, 6.07) is 0. The van der Waals surface area contributed by atoms with Crippen LogP contribution in [0.2, 0.25) is 0 Å². The molecule has 0 aromatic rings. The van der Waals surface area contributed by atoms with E-state index in [0.29, 0.717) is 59.5 Å². The number of ether oxygens (including phenoxy) is 5. The molecular formula is C13H27ClO7. The molecule has 21 heavy (non-hydrogen) atoms. The summed E-state index contributed by atoms with van der Waals surface area (Å²) in [7, 11) is 0. The minimum Gasteiger partial charge on any atom is -0.394 e. The van der Waals surface area contributed by atoms with Gasteiger partial charge in [0.05, 0.1) is 72.7 Å². The van der Waals surface area contributed by atoms with Crippen molar-refractivity contribution in [2.24, 2.45) is 0 Å². The van der Waals surface area contributed by atoms with E-state index in [1.807, 2.05) is 0 Å². The van der Waals surface area contributed by atoms with Crippen LogP contribution in [-0.2, 0) is 23.7 Å². The van der Waals surface area contributed by atoms with Crippen molar-refractivity contribution >= 4 is 11.6 Å². The normalized spacial score (nSPS) is 14.3. The second-order valence-corrected chi connectivity index (χ2v) is 5.18. The average molecular weight is 331 g/mol. The van der Waals surface area contributed by atoms with Gasteiger partial charge in [0, 0.05) is 0 Å². The Morgan fingerprint density at radius 3 is 1.38 bits per heavy atom. The fourth-order valence-electron chi connectivity index (χ4n) is 1.20. The lowest BCUT2D eigenvalue weighted by atomic mass is 10.4. The number of hydrogen-bond donors (Lipinski definition) is 2. The van der Waals surface area contributed by atoms with Gasteiger partial charge in [-0.1, -0.05) is 11.6 Å². The van der Waals surface area contributed by atoms with Crippen LogP contribution in [0, 0.1) is 0 Å². The van der Waals surface area contributed by atoms with E-state index in [-0.39, 0.29) is 13.2 Å². The molecule has 0 saturated carbocycles. The maximum atomic E-state index is 9.17. The van der Waals surface area contributed by atoms with Gasteiger partial charge in [-0.3, -0.25) is 0 Å². The molecule has 1 unspecified atom stereocenters. The van der Waals surface area contributed by atoms with Crippen LogP contribution in [0.4, 0.5) is 0 Å². The Kier molecular flexibility index (Phi) is 14.9. The molecule has 0 radical (unpaired) electrons. The Hall–Kier alpha value is 0.01000. The molecule has 2 N–H and O–H groups in total. The first kappa shape index (κ1) is 21.0. The van der Waals surface area contributed by atoms with E-state index in [1.54, 1.807) is 0 Å². The van der Waals surface area contributed by atoms with E-state index in [4.69, 9.17) is 40.4 Å². The first-order chi connectivity index (χ1) is 10.1. The van der Waals surface area contributed by atoms with E-state index in [1.165, 1.54) is 6.92 Å². The fraction of sp³-hybridized carbons (Fsp3) is 1.00. The van der Waals surface area contributed by atoms with Crippen molar-refractivity contribution in [2.45, 2.75) is 12.0 Å². The van der Waals surface area contributed by atoms with Crippen LogP contribution < -0.4 is 0 Å². The van der Waals surface area contributed by atoms with Gasteiger partial charge in [0.15, 0.2) is 5.06 Å². The predicted octanol–water partition coefficient (Wildman–Crippen LogP) is 0.00900. The van der Waals surface area contributed by atoms with Crippen molar-refractivity contribution in [1.29, 1.82) is 0 Å². The molecule has 0 heterocycles. The SMILES string of the molecule is CC(O)(Cl)COCCOCCOCCOCCOCCO. The average Bonchev–Trinajstić information content (AvgIpc) is 2.42. The molecule has 0 aliphatic heterocycles. The largest absolute Gasteiger partial charge is 0.394 e. The van der Waals surface area contributed by atoms with Crippen LogP contribution in [0.1, 0.15) is 6.92 Å². The standard InChI is InChI=1S/C13H27ClO7/c1-13(14,16)12-21-11-10-20-9-8-19-7-6-18-5-4-17-3-2-15/h15-16H,2-12H2,1H3. The van der Waals surface area contributed by atoms with E-state index in [9.17, 15) is 5.11 Å². The van der Waals surface area contributed by atoms with Crippen molar-refractivity contribution in [1.82, 2.24) is 0 Å². The zero-order valence-electron chi connectivity index (χ0n) is 12.6. The monoisotopic (exact) mass is 330 g/mol. The van der Waals surface area contributed by atoms with Crippen LogP contribution >= 0.6 is 11.6 Å². The van der Waals surface area contributed by atoms with Gasteiger partial charge in [-0.05, 0) is 6.92 Å². The molecule has 0 bridgehead atoms. The van der Waals surface area contributed by atoms with Crippen LogP contribution in [0.3, 0.4) is 0 Å². The fourth-order valence-corrected chi connectivity index (χ4v) is 1.28. The second kappa shape index (κ2) is 14.9. The Morgan fingerprint density at radius 2 is 1.05 bits per heavy atom. The van der Waals surface area contributed by atoms with Crippen LogP contribution in [0.15, 0.2) is 0 Å². The van der Waals surface area contributed by atoms with Gasteiger partial charge < -0.3 is 33.9 Å². The third-order valence-electron chi connectivity index (χ3n) is 2.09. The van der Waals surface area contributed by atoms with Crippen molar-refractivity contribution in [2.75, 3.05) is 72.7 Å². The molecule has 128 valence electrons. The van der Waals surface area contributed by atoms with Gasteiger partial charge in [-0.2, -0.15) is 0 Å². The maximum Gasteiger partial charge on any atom is 0.158 e. The number of aliphatic hydroxyl groups excluding tert-OH is 1. The van der Waals surface area contributed by atoms with E-state index in [0.717, 1.165) is 0 Å². The Labute approximate surface area is 131 Å². The third kappa shape index (κ3) is 20.0. The highest BCUT2D eigenvalue weighted by Crippen LogP contribution is 2.08. The summed E-state index contributed by atoms with van der Waals surface area (Å²) in [5.74, 6) is 0. The summed E-state index contributed by atoms with van der Waals surface area (Å²) in [4.78, 5) is 0. The summed E-state index contributed by atoms with van der Waals surface area (Å²) in [5.41, 5.74) is 0. The highest BCUT2D eigenvalue weighted by Gasteiger charge is 2.14. The lowest BCUT2D eigenvalue weighted by Gasteiger charge is -2.14. The number of hydrogen-bond acceptors (Lipinski definition) is 7. The molecule has 0 rings (SSSR count). The summed E-state index contributed by atoms with van der Waals surface area (Å²) in [5, 5.41) is 16.3. The Morgan fingerprint density at radius 1 is 0.714 bits per heavy atom. The van der Waals surface area contributed by atoms with Gasteiger partial charge in [0.2, 0.25) is 0 Å². The molecule has 0 aliphatic carbocycles. The van der Waals surface area contributed by atoms with Gasteiger partial charge in [-0.15, -0.1) is 0 Å². The number of rotatable bonds is 16. The minimum absolute atomic E-state index is 0.0271. The third-order valence-corrected chi connectivity index (χ3v) is 2.20. The zero-order chi connectivity index (χ0) is 15.8. The van der Waals surface area contributed by atoms with E-state index < -0.39 is 5.06 Å². The van der Waals surface area contributed by atoms with E-state index >= 15 is 0 Å². The van der Waals surface area contributed by atoms with E-state index in [2.05, 4.69) is 0 Å². The zero-order valence-corrected chi connectivity index (χ0v) is 13.3. The number of aliphatic hydroxyl groups is 2. The molecule has 0 aromatic carbocycles. The highest BCUT2D eigenvalue weighted by molar-refractivity contribution is 6.22. The smallest absolute Gasteiger partial charge is 0.158 e. The van der Waals surface area contributed by atoms with Crippen molar-refractivity contribution in [3.05, 3.63) is 0 Å². The minimum atomic E-state index is -1.33. The highest BCUT2D eigenvalue weighted by atomic mass is 35.5. The lowest BCUT2D eigenvalue weighted by molar-refractivity contribution is -0.0261. The van der Waals surface area contributed by atoms with Gasteiger partial charge >= 0.3 is 0 Å². The summed E-state index contributed by atoms with van der Waals surface area (Å²) in [6.45, 7) is 5.60. The molecule has 0 aliphatic rings. The van der Waals surface area contributed by atoms with Crippen molar-refractivity contribution < 1.29 is 33.9 Å². The molecule has 0 saturated heterocycles. The van der Waals surface area contributed by atoms with Crippen molar-refractivity contribution in [3.8, 4) is 0 Å². The molecule has 0 fully saturated rings. The van der Waals surface area contributed by atoms with Crippen LogP contribution in [-0.4, -0.2) is 87.9 Å². The summed E-state index contributed by atoms with van der Waals surface area (Å²) < 4.78 is 25.9. The summed E-state index contributed by atoms with van der Waals surface area (Å²) >= 11 is 5.53. The molecule has 0 aromatic heterocycles. The molecule has 1 atom stereocenters. The Bertz CT molecular complexity index is 211. The number of halogens is 1. The molecule has 7 nitrogen and oxygen atoms in total. The first-order valence-electron chi connectivity index (χ1n) is 6.97. The summed E-state index contributed by atoms with van der Waals surface area (Å²) in [6.07, 6.45) is 0. The predicted molar refractivity (Wildman–Crippen MR) is 77.7 cm³/mol.